The molecule has 0 amide bonds. The van der Waals surface area contributed by atoms with Gasteiger partial charge in [0, 0.05) is 12.7 Å². The van der Waals surface area contributed by atoms with Crippen molar-refractivity contribution in [3.8, 4) is 0 Å². The number of pyridine rings is 1. The molecule has 2 aromatic heterocycles. The van der Waals surface area contributed by atoms with Gasteiger partial charge in [0.05, 0.1) is 24.5 Å². The van der Waals surface area contributed by atoms with Crippen LogP contribution in [-0.4, -0.2) is 50.3 Å². The van der Waals surface area contributed by atoms with Gasteiger partial charge in [-0.1, -0.05) is 0 Å². The summed E-state index contributed by atoms with van der Waals surface area (Å²) in [4.78, 5) is 22.7. The van der Waals surface area contributed by atoms with Crippen LogP contribution >= 0.6 is 0 Å². The average molecular weight is 274 g/mol. The van der Waals surface area contributed by atoms with E-state index in [1.165, 1.54) is 23.7 Å². The Morgan fingerprint density at radius 3 is 2.85 bits per heavy atom. The first-order chi connectivity index (χ1) is 9.74. The van der Waals surface area contributed by atoms with E-state index in [1.54, 1.807) is 18.3 Å². The van der Waals surface area contributed by atoms with Gasteiger partial charge >= 0.3 is 0 Å². The van der Waals surface area contributed by atoms with Gasteiger partial charge in [0.1, 0.15) is 0 Å². The Morgan fingerprint density at radius 2 is 2.05 bits per heavy atom. The number of aromatic nitrogens is 3. The molecule has 20 heavy (non-hydrogen) atoms. The number of rotatable bonds is 4. The second-order valence-corrected chi connectivity index (χ2v) is 5.23. The summed E-state index contributed by atoms with van der Waals surface area (Å²) < 4.78 is 1.44. The average Bonchev–Trinajstić information content (AvgIpc) is 2.95. The van der Waals surface area contributed by atoms with E-state index in [1.807, 2.05) is 0 Å². The van der Waals surface area contributed by atoms with Crippen molar-refractivity contribution in [1.82, 2.24) is 19.4 Å². The van der Waals surface area contributed by atoms with Crippen LogP contribution in [0.25, 0.3) is 11.0 Å². The Morgan fingerprint density at radius 1 is 1.25 bits per heavy atom. The second-order valence-electron chi connectivity index (χ2n) is 5.23. The molecule has 1 aliphatic rings. The van der Waals surface area contributed by atoms with Crippen LogP contribution in [0.4, 0.5) is 0 Å². The highest BCUT2D eigenvalue weighted by atomic mass is 16.3. The van der Waals surface area contributed by atoms with Gasteiger partial charge in [0.25, 0.3) is 5.56 Å². The van der Waals surface area contributed by atoms with E-state index in [-0.39, 0.29) is 12.1 Å². The van der Waals surface area contributed by atoms with E-state index < -0.39 is 6.10 Å². The van der Waals surface area contributed by atoms with Gasteiger partial charge in [-0.25, -0.2) is 9.97 Å². The number of hydrogen-bond acceptors (Lipinski definition) is 5. The molecule has 0 saturated carbocycles. The van der Waals surface area contributed by atoms with Gasteiger partial charge in [0.15, 0.2) is 5.52 Å². The summed E-state index contributed by atoms with van der Waals surface area (Å²) in [5.41, 5.74) is 0.738. The normalized spacial score (nSPS) is 17.6. The number of aliphatic hydroxyl groups excluding tert-OH is 1. The lowest BCUT2D eigenvalue weighted by Crippen LogP contribution is -2.35. The van der Waals surface area contributed by atoms with Crippen LogP contribution in [-0.2, 0) is 6.54 Å². The third kappa shape index (κ3) is 2.71. The Labute approximate surface area is 116 Å². The molecule has 1 saturated heterocycles. The number of hydrogen-bond donors (Lipinski definition) is 1. The van der Waals surface area contributed by atoms with Crippen LogP contribution in [0.1, 0.15) is 12.8 Å². The zero-order valence-electron chi connectivity index (χ0n) is 11.3. The second kappa shape index (κ2) is 5.68. The van der Waals surface area contributed by atoms with Crippen molar-refractivity contribution in [1.29, 1.82) is 0 Å². The largest absolute Gasteiger partial charge is 0.390 e. The number of nitrogens with zero attached hydrogens (tertiary/aromatic N) is 4. The molecule has 0 spiro atoms. The summed E-state index contributed by atoms with van der Waals surface area (Å²) in [6.45, 7) is 2.93. The third-order valence-corrected chi connectivity index (χ3v) is 3.66. The lowest BCUT2D eigenvalue weighted by atomic mass is 10.3. The third-order valence-electron chi connectivity index (χ3n) is 3.66. The van der Waals surface area contributed by atoms with Gasteiger partial charge < -0.3 is 10.0 Å². The fourth-order valence-electron chi connectivity index (χ4n) is 2.66. The van der Waals surface area contributed by atoms with E-state index in [9.17, 15) is 9.90 Å². The molecule has 0 bridgehead atoms. The van der Waals surface area contributed by atoms with Crippen LogP contribution in [0.2, 0.25) is 0 Å². The molecule has 1 N–H and O–H groups in total. The first kappa shape index (κ1) is 13.2. The maximum Gasteiger partial charge on any atom is 0.279 e. The van der Waals surface area contributed by atoms with Crippen LogP contribution in [0.3, 0.4) is 0 Å². The highest BCUT2D eigenvalue weighted by Gasteiger charge is 2.17. The minimum atomic E-state index is -0.561. The fraction of sp³-hybridized carbons (Fsp3) is 0.500. The van der Waals surface area contributed by atoms with Crippen LogP contribution < -0.4 is 5.56 Å². The fourth-order valence-corrected chi connectivity index (χ4v) is 2.66. The topological polar surface area (TPSA) is 71.2 Å². The minimum Gasteiger partial charge on any atom is -0.390 e. The number of β-amino-alcohol motifs (C(OH)–C–C–N with tert-alkyl or cyclic N) is 1. The minimum absolute atomic E-state index is 0.198. The van der Waals surface area contributed by atoms with Gasteiger partial charge in [-0.15, -0.1) is 0 Å². The molecular formula is C14H18N4O2. The van der Waals surface area contributed by atoms with Gasteiger partial charge in [0.2, 0.25) is 0 Å². The molecule has 3 heterocycles. The Balaban J connectivity index is 1.76. The summed E-state index contributed by atoms with van der Waals surface area (Å²) in [5.74, 6) is 0. The smallest absolute Gasteiger partial charge is 0.279 e. The van der Waals surface area contributed by atoms with Gasteiger partial charge in [-0.05, 0) is 38.1 Å². The standard InChI is InChI=1S/C14H18N4O2/c19-11(8-17-6-1-2-7-17)9-18-10-16-12-4-3-5-15-13(12)14(18)20/h3-5,10-11,19H,1-2,6-9H2/t11-/m0/s1. The Kier molecular flexibility index (Phi) is 3.75. The molecule has 0 radical (unpaired) electrons. The molecular weight excluding hydrogens is 256 g/mol. The molecule has 1 aliphatic heterocycles. The highest BCUT2D eigenvalue weighted by molar-refractivity contribution is 5.71. The summed E-state index contributed by atoms with van der Waals surface area (Å²) in [5, 5.41) is 10.1. The van der Waals surface area contributed by atoms with Crippen molar-refractivity contribution in [2.45, 2.75) is 25.5 Å². The lowest BCUT2D eigenvalue weighted by Gasteiger charge is -2.19. The molecule has 3 rings (SSSR count). The maximum atomic E-state index is 12.2. The van der Waals surface area contributed by atoms with Crippen molar-refractivity contribution >= 4 is 11.0 Å². The predicted molar refractivity (Wildman–Crippen MR) is 75.5 cm³/mol. The monoisotopic (exact) mass is 274 g/mol. The van der Waals surface area contributed by atoms with Crippen molar-refractivity contribution < 1.29 is 5.11 Å². The first-order valence-corrected chi connectivity index (χ1v) is 6.94. The summed E-state index contributed by atoms with van der Waals surface area (Å²) in [6, 6.07) is 3.51. The molecule has 6 heteroatoms. The molecule has 1 fully saturated rings. The lowest BCUT2D eigenvalue weighted by molar-refractivity contribution is 0.108. The van der Waals surface area contributed by atoms with Crippen molar-refractivity contribution in [3.63, 3.8) is 0 Å². The van der Waals surface area contributed by atoms with E-state index in [4.69, 9.17) is 0 Å². The van der Waals surface area contributed by atoms with Crippen LogP contribution in [0.15, 0.2) is 29.5 Å². The Hall–Kier alpha value is -1.79. The zero-order valence-corrected chi connectivity index (χ0v) is 11.3. The van der Waals surface area contributed by atoms with Gasteiger partial charge in [-0.3, -0.25) is 9.36 Å². The van der Waals surface area contributed by atoms with Crippen molar-refractivity contribution in [3.05, 3.63) is 35.0 Å². The Bertz CT molecular complexity index is 649. The molecule has 0 aromatic carbocycles. The summed E-state index contributed by atoms with van der Waals surface area (Å²) in [7, 11) is 0. The number of likely N-dealkylation sites (tertiary alicyclic amines) is 1. The van der Waals surface area contributed by atoms with Gasteiger partial charge in [-0.2, -0.15) is 0 Å². The number of aliphatic hydroxyl groups is 1. The SMILES string of the molecule is O=c1c2ncccc2ncn1C[C@@H](O)CN1CCCC1. The molecule has 0 aliphatic carbocycles. The van der Waals surface area contributed by atoms with Crippen LogP contribution in [0, 0.1) is 0 Å². The van der Waals surface area contributed by atoms with Crippen LogP contribution in [0.5, 0.6) is 0 Å². The molecule has 1 atom stereocenters. The van der Waals surface area contributed by atoms with E-state index >= 15 is 0 Å². The van der Waals surface area contributed by atoms with E-state index in [0.29, 0.717) is 17.6 Å². The molecule has 0 unspecified atom stereocenters. The first-order valence-electron chi connectivity index (χ1n) is 6.94. The van der Waals surface area contributed by atoms with E-state index in [0.717, 1.165) is 13.1 Å². The van der Waals surface area contributed by atoms with E-state index in [2.05, 4.69) is 14.9 Å². The quantitative estimate of drug-likeness (QED) is 0.865. The maximum absolute atomic E-state index is 12.2. The number of fused-ring (bicyclic) bond motifs is 1. The summed E-state index contributed by atoms with van der Waals surface area (Å²) in [6.07, 6.45) is 4.88. The molecule has 106 valence electrons. The van der Waals surface area contributed by atoms with Crippen molar-refractivity contribution in [2.24, 2.45) is 0 Å². The molecule has 2 aromatic rings. The predicted octanol–water partition coefficient (Wildman–Crippen LogP) is 0.248. The zero-order chi connectivity index (χ0) is 13.9. The molecule has 6 nitrogen and oxygen atoms in total. The highest BCUT2D eigenvalue weighted by Crippen LogP contribution is 2.08. The van der Waals surface area contributed by atoms with Crippen molar-refractivity contribution in [2.75, 3.05) is 19.6 Å². The summed E-state index contributed by atoms with van der Waals surface area (Å²) >= 11 is 0.